The van der Waals surface area contributed by atoms with Crippen molar-refractivity contribution in [3.05, 3.63) is 5.82 Å². The Hall–Kier alpha value is -0.620. The fourth-order valence-corrected chi connectivity index (χ4v) is 3.10. The summed E-state index contributed by atoms with van der Waals surface area (Å²) in [4.78, 5) is 0. The molecule has 0 spiro atoms. The van der Waals surface area contributed by atoms with Crippen LogP contribution < -0.4 is 0 Å². The molecule has 0 aromatic carbocycles. The molecule has 0 amide bonds. The summed E-state index contributed by atoms with van der Waals surface area (Å²) in [6, 6.07) is 0. The minimum atomic E-state index is -3.84. The first kappa shape index (κ1) is 13.8. The molecule has 1 aromatic heterocycles. The van der Waals surface area contributed by atoms with E-state index in [1.165, 1.54) is 0 Å². The van der Waals surface area contributed by atoms with E-state index < -0.39 is 9.05 Å². The molecule has 0 bridgehead atoms. The summed E-state index contributed by atoms with van der Waals surface area (Å²) >= 11 is 0. The molecule has 1 saturated carbocycles. The molecular weight excluding hydrogens is 274 g/mol. The van der Waals surface area contributed by atoms with Crippen LogP contribution in [0, 0.1) is 11.3 Å². The van der Waals surface area contributed by atoms with Crippen LogP contribution in [-0.2, 0) is 15.6 Å². The van der Waals surface area contributed by atoms with Gasteiger partial charge in [0.25, 0.3) is 14.2 Å². The van der Waals surface area contributed by atoms with Crippen LogP contribution in [0.25, 0.3) is 0 Å². The van der Waals surface area contributed by atoms with Crippen molar-refractivity contribution in [1.29, 1.82) is 0 Å². The lowest BCUT2D eigenvalue weighted by Gasteiger charge is -2.12. The SMILES string of the molecule is CC(C)Cn1c(C2CC2(C)C)nnc1S(=O)(=O)Cl. The standard InChI is InChI=1S/C11H18ClN3O2S/c1-7(2)6-15-9(8-5-11(8,3)4)13-14-10(15)18(12,16)17/h7-8H,5-6H2,1-4H3. The Morgan fingerprint density at radius 2 is 2.00 bits per heavy atom. The Labute approximate surface area is 112 Å². The first-order valence-electron chi connectivity index (χ1n) is 6.00. The number of hydrogen-bond donors (Lipinski definition) is 0. The minimum absolute atomic E-state index is 0.129. The highest BCUT2D eigenvalue weighted by molar-refractivity contribution is 8.13. The van der Waals surface area contributed by atoms with E-state index in [0.29, 0.717) is 12.5 Å². The van der Waals surface area contributed by atoms with Gasteiger partial charge in [-0.15, -0.1) is 10.2 Å². The van der Waals surface area contributed by atoms with Crippen LogP contribution in [0.15, 0.2) is 5.16 Å². The number of hydrogen-bond acceptors (Lipinski definition) is 4. The van der Waals surface area contributed by atoms with Crippen molar-refractivity contribution in [1.82, 2.24) is 14.8 Å². The van der Waals surface area contributed by atoms with E-state index in [4.69, 9.17) is 10.7 Å². The van der Waals surface area contributed by atoms with E-state index >= 15 is 0 Å². The fourth-order valence-electron chi connectivity index (χ4n) is 2.18. The Balaban J connectivity index is 2.46. The zero-order valence-electron chi connectivity index (χ0n) is 11.0. The van der Waals surface area contributed by atoms with E-state index in [2.05, 4.69) is 24.0 Å². The summed E-state index contributed by atoms with van der Waals surface area (Å²) in [5.74, 6) is 1.32. The monoisotopic (exact) mass is 291 g/mol. The van der Waals surface area contributed by atoms with Crippen LogP contribution >= 0.6 is 10.7 Å². The van der Waals surface area contributed by atoms with E-state index in [1.54, 1.807) is 4.57 Å². The molecule has 1 aromatic rings. The van der Waals surface area contributed by atoms with Gasteiger partial charge >= 0.3 is 0 Å². The summed E-state index contributed by atoms with van der Waals surface area (Å²) < 4.78 is 24.6. The van der Waals surface area contributed by atoms with Crippen LogP contribution in [0.1, 0.15) is 45.9 Å². The lowest BCUT2D eigenvalue weighted by molar-refractivity contribution is 0.464. The van der Waals surface area contributed by atoms with Gasteiger partial charge in [-0.25, -0.2) is 8.42 Å². The predicted molar refractivity (Wildman–Crippen MR) is 69.0 cm³/mol. The van der Waals surface area contributed by atoms with Crippen LogP contribution in [0.5, 0.6) is 0 Å². The molecule has 1 fully saturated rings. The second-order valence-electron chi connectivity index (χ2n) is 6.03. The maximum Gasteiger partial charge on any atom is 0.296 e. The van der Waals surface area contributed by atoms with Crippen molar-refractivity contribution in [3.8, 4) is 0 Å². The molecular formula is C11H18ClN3O2S. The number of halogens is 1. The van der Waals surface area contributed by atoms with Gasteiger partial charge < -0.3 is 4.57 Å². The number of rotatable bonds is 4. The van der Waals surface area contributed by atoms with Gasteiger partial charge in [-0.05, 0) is 17.8 Å². The van der Waals surface area contributed by atoms with E-state index in [-0.39, 0.29) is 16.5 Å². The van der Waals surface area contributed by atoms with Gasteiger partial charge in [-0.2, -0.15) is 0 Å². The molecule has 1 atom stereocenters. The van der Waals surface area contributed by atoms with Crippen molar-refractivity contribution < 1.29 is 8.42 Å². The van der Waals surface area contributed by atoms with Gasteiger partial charge in [-0.1, -0.05) is 27.7 Å². The average Bonchev–Trinajstić information content (AvgIpc) is 2.63. The Morgan fingerprint density at radius 1 is 1.44 bits per heavy atom. The molecule has 0 aliphatic heterocycles. The molecule has 7 heteroatoms. The molecule has 1 aliphatic carbocycles. The zero-order chi connectivity index (χ0) is 13.7. The third kappa shape index (κ3) is 2.54. The van der Waals surface area contributed by atoms with Crippen LogP contribution in [0.3, 0.4) is 0 Å². The van der Waals surface area contributed by atoms with E-state index in [1.807, 2.05) is 13.8 Å². The lowest BCUT2D eigenvalue weighted by atomic mass is 10.1. The summed E-state index contributed by atoms with van der Waals surface area (Å²) in [7, 11) is 1.57. The number of nitrogens with zero attached hydrogens (tertiary/aromatic N) is 3. The quantitative estimate of drug-likeness (QED) is 0.799. The molecule has 1 aliphatic rings. The third-order valence-electron chi connectivity index (χ3n) is 3.34. The summed E-state index contributed by atoms with van der Waals surface area (Å²) in [6.07, 6.45) is 1.01. The Morgan fingerprint density at radius 3 is 2.39 bits per heavy atom. The Kier molecular flexibility index (Phi) is 3.22. The van der Waals surface area contributed by atoms with Gasteiger partial charge in [0.1, 0.15) is 5.82 Å². The summed E-state index contributed by atoms with van der Waals surface area (Å²) in [5.41, 5.74) is 0.176. The minimum Gasteiger partial charge on any atom is -0.300 e. The molecule has 2 rings (SSSR count). The highest BCUT2D eigenvalue weighted by Gasteiger charge is 2.50. The molecule has 0 saturated heterocycles. The van der Waals surface area contributed by atoms with E-state index in [0.717, 1.165) is 12.2 Å². The maximum atomic E-state index is 11.5. The van der Waals surface area contributed by atoms with Gasteiger partial charge in [0.2, 0.25) is 0 Å². The van der Waals surface area contributed by atoms with Crippen molar-refractivity contribution in [2.24, 2.45) is 11.3 Å². The van der Waals surface area contributed by atoms with Crippen molar-refractivity contribution in [3.63, 3.8) is 0 Å². The van der Waals surface area contributed by atoms with E-state index in [9.17, 15) is 8.42 Å². The Bertz CT molecular complexity index is 563. The van der Waals surface area contributed by atoms with Gasteiger partial charge in [0.05, 0.1) is 0 Å². The van der Waals surface area contributed by atoms with Gasteiger partial charge in [0, 0.05) is 23.1 Å². The second kappa shape index (κ2) is 4.20. The molecule has 102 valence electrons. The fraction of sp³-hybridized carbons (Fsp3) is 0.818. The highest BCUT2D eigenvalue weighted by atomic mass is 35.7. The van der Waals surface area contributed by atoms with Crippen molar-refractivity contribution in [2.45, 2.75) is 51.7 Å². The molecule has 0 N–H and O–H groups in total. The lowest BCUT2D eigenvalue weighted by Crippen LogP contribution is -2.13. The first-order valence-corrected chi connectivity index (χ1v) is 8.31. The van der Waals surface area contributed by atoms with Crippen LogP contribution in [0.2, 0.25) is 0 Å². The normalized spacial score (nSPS) is 22.4. The molecule has 5 nitrogen and oxygen atoms in total. The average molecular weight is 292 g/mol. The predicted octanol–water partition coefficient (Wildman–Crippen LogP) is 2.38. The molecule has 1 heterocycles. The van der Waals surface area contributed by atoms with Crippen molar-refractivity contribution >= 4 is 19.7 Å². The second-order valence-corrected chi connectivity index (χ2v) is 8.49. The highest BCUT2D eigenvalue weighted by Crippen LogP contribution is 2.58. The summed E-state index contributed by atoms with van der Waals surface area (Å²) in [5, 5.41) is 7.67. The maximum absolute atomic E-state index is 11.5. The van der Waals surface area contributed by atoms with Crippen LogP contribution in [0.4, 0.5) is 0 Å². The number of aromatic nitrogens is 3. The zero-order valence-corrected chi connectivity index (χ0v) is 12.6. The topological polar surface area (TPSA) is 64.8 Å². The molecule has 0 radical (unpaired) electrons. The largest absolute Gasteiger partial charge is 0.300 e. The first-order chi connectivity index (χ1) is 8.13. The van der Waals surface area contributed by atoms with Crippen LogP contribution in [-0.4, -0.2) is 23.2 Å². The molecule has 1 unspecified atom stereocenters. The van der Waals surface area contributed by atoms with Gasteiger partial charge in [0.15, 0.2) is 0 Å². The van der Waals surface area contributed by atoms with Crippen molar-refractivity contribution in [2.75, 3.05) is 0 Å². The van der Waals surface area contributed by atoms with Gasteiger partial charge in [-0.3, -0.25) is 0 Å². The summed E-state index contributed by atoms with van der Waals surface area (Å²) in [6.45, 7) is 8.89. The third-order valence-corrected chi connectivity index (χ3v) is 4.49. The molecule has 18 heavy (non-hydrogen) atoms. The smallest absolute Gasteiger partial charge is 0.296 e.